The summed E-state index contributed by atoms with van der Waals surface area (Å²) in [6.45, 7) is 1.77. The Morgan fingerprint density at radius 3 is 2.11 bits per heavy atom. The van der Waals surface area contributed by atoms with Gasteiger partial charge < -0.3 is 0 Å². The molecule has 19 heavy (non-hydrogen) atoms. The zero-order valence-corrected chi connectivity index (χ0v) is 13.0. The van der Waals surface area contributed by atoms with Crippen LogP contribution in [-0.4, -0.2) is 10.2 Å². The van der Waals surface area contributed by atoms with E-state index in [1.165, 1.54) is 0 Å². The Bertz CT molecular complexity index is 614. The van der Waals surface area contributed by atoms with Crippen LogP contribution in [0.25, 0.3) is 11.3 Å². The van der Waals surface area contributed by atoms with E-state index in [1.807, 2.05) is 22.6 Å². The predicted molar refractivity (Wildman–Crippen MR) is 76.5 cm³/mol. The van der Waals surface area contributed by atoms with Crippen molar-refractivity contribution >= 4 is 45.8 Å². The molecule has 0 unspecified atom stereocenters. The fourth-order valence-electron chi connectivity index (χ4n) is 1.56. The van der Waals surface area contributed by atoms with E-state index in [0.29, 0.717) is 11.3 Å². The van der Waals surface area contributed by atoms with Crippen molar-refractivity contribution in [2.75, 3.05) is 0 Å². The van der Waals surface area contributed by atoms with Gasteiger partial charge in [-0.2, -0.15) is 18.3 Å². The van der Waals surface area contributed by atoms with Gasteiger partial charge in [-0.1, -0.05) is 23.2 Å². The number of H-pyrrole nitrogens is 1. The van der Waals surface area contributed by atoms with E-state index in [-0.39, 0.29) is 10.0 Å². The van der Waals surface area contributed by atoms with Crippen LogP contribution in [-0.2, 0) is 6.18 Å². The third-order valence-electron chi connectivity index (χ3n) is 2.49. The maximum atomic E-state index is 12.6. The number of nitrogens with one attached hydrogen (secondary N) is 1. The topological polar surface area (TPSA) is 28.7 Å². The summed E-state index contributed by atoms with van der Waals surface area (Å²) in [4.78, 5) is 0. The van der Waals surface area contributed by atoms with Crippen molar-refractivity contribution in [2.24, 2.45) is 0 Å². The SMILES string of the molecule is Cc1n[nH]c(-c2c(Cl)cc(C(F)(F)F)cc2Cl)c1I. The Balaban J connectivity index is 2.64. The Kier molecular flexibility index (Phi) is 4.04. The average molecular weight is 421 g/mol. The summed E-state index contributed by atoms with van der Waals surface area (Å²) < 4.78 is 38.6. The van der Waals surface area contributed by atoms with E-state index in [1.54, 1.807) is 6.92 Å². The minimum Gasteiger partial charge on any atom is -0.276 e. The molecule has 1 N–H and O–H groups in total. The first-order valence-electron chi connectivity index (χ1n) is 4.99. The van der Waals surface area contributed by atoms with Crippen LogP contribution in [0.1, 0.15) is 11.3 Å². The van der Waals surface area contributed by atoms with E-state index < -0.39 is 11.7 Å². The van der Waals surface area contributed by atoms with Gasteiger partial charge in [0.1, 0.15) is 0 Å². The van der Waals surface area contributed by atoms with Gasteiger partial charge >= 0.3 is 6.18 Å². The van der Waals surface area contributed by atoms with Gasteiger partial charge in [-0.05, 0) is 41.6 Å². The second-order valence-corrected chi connectivity index (χ2v) is 5.70. The van der Waals surface area contributed by atoms with Crippen molar-refractivity contribution in [1.29, 1.82) is 0 Å². The molecule has 2 aromatic rings. The maximum Gasteiger partial charge on any atom is 0.416 e. The molecule has 1 heterocycles. The lowest BCUT2D eigenvalue weighted by atomic mass is 10.1. The molecule has 2 rings (SSSR count). The van der Waals surface area contributed by atoms with Crippen molar-refractivity contribution < 1.29 is 13.2 Å². The molecule has 0 saturated carbocycles. The zero-order valence-electron chi connectivity index (χ0n) is 9.37. The standard InChI is InChI=1S/C11H6Cl2F3IN2/c1-4-9(17)10(19-18-4)8-6(12)2-5(3-7(8)13)11(14,15)16/h2-3H,1H3,(H,18,19). The minimum absolute atomic E-state index is 0.0682. The summed E-state index contributed by atoms with van der Waals surface area (Å²) in [5, 5.41) is 6.56. The molecule has 0 atom stereocenters. The first kappa shape index (κ1) is 14.9. The molecule has 0 radical (unpaired) electrons. The number of benzene rings is 1. The Labute approximate surface area is 130 Å². The van der Waals surface area contributed by atoms with Crippen molar-refractivity contribution in [3.05, 3.63) is 37.0 Å². The van der Waals surface area contributed by atoms with Crippen LogP contribution in [0.2, 0.25) is 10.0 Å². The number of hydrogen-bond donors (Lipinski definition) is 1. The van der Waals surface area contributed by atoms with Gasteiger partial charge in [-0.25, -0.2) is 0 Å². The first-order valence-corrected chi connectivity index (χ1v) is 6.82. The molecule has 0 aliphatic carbocycles. The number of nitrogens with zero attached hydrogens (tertiary/aromatic N) is 1. The van der Waals surface area contributed by atoms with Crippen molar-refractivity contribution in [3.63, 3.8) is 0 Å². The van der Waals surface area contributed by atoms with Crippen molar-refractivity contribution in [3.8, 4) is 11.3 Å². The Morgan fingerprint density at radius 2 is 1.74 bits per heavy atom. The predicted octanol–water partition coefficient (Wildman–Crippen LogP) is 5.32. The molecule has 0 fully saturated rings. The highest BCUT2D eigenvalue weighted by molar-refractivity contribution is 14.1. The van der Waals surface area contributed by atoms with E-state index in [9.17, 15) is 13.2 Å². The lowest BCUT2D eigenvalue weighted by molar-refractivity contribution is -0.137. The van der Waals surface area contributed by atoms with Crippen LogP contribution in [0.5, 0.6) is 0 Å². The first-order chi connectivity index (χ1) is 8.71. The van der Waals surface area contributed by atoms with E-state index >= 15 is 0 Å². The summed E-state index contributed by atoms with van der Waals surface area (Å²) in [5.41, 5.74) is 0.684. The van der Waals surface area contributed by atoms with Gasteiger partial charge in [0.2, 0.25) is 0 Å². The Hall–Kier alpha value is -0.470. The van der Waals surface area contributed by atoms with E-state index in [4.69, 9.17) is 23.2 Å². The molecule has 0 amide bonds. The number of rotatable bonds is 1. The maximum absolute atomic E-state index is 12.6. The number of aromatic nitrogens is 2. The highest BCUT2D eigenvalue weighted by Crippen LogP contribution is 2.41. The van der Waals surface area contributed by atoms with Gasteiger partial charge in [0, 0.05) is 5.56 Å². The lowest BCUT2D eigenvalue weighted by Gasteiger charge is -2.11. The normalized spacial score (nSPS) is 11.9. The third-order valence-corrected chi connectivity index (χ3v) is 4.41. The summed E-state index contributed by atoms with van der Waals surface area (Å²) in [6, 6.07) is 1.71. The quantitative estimate of drug-likeness (QED) is 0.622. The largest absolute Gasteiger partial charge is 0.416 e. The van der Waals surface area contributed by atoms with Crippen LogP contribution < -0.4 is 0 Å². The minimum atomic E-state index is -4.48. The fourth-order valence-corrected chi connectivity index (χ4v) is 2.75. The number of halogens is 6. The molecule has 0 spiro atoms. The van der Waals surface area contributed by atoms with Crippen LogP contribution >= 0.6 is 45.8 Å². The van der Waals surface area contributed by atoms with Gasteiger partial charge in [-0.15, -0.1) is 0 Å². The monoisotopic (exact) mass is 420 g/mol. The highest BCUT2D eigenvalue weighted by atomic mass is 127. The molecule has 8 heteroatoms. The van der Waals surface area contributed by atoms with Gasteiger partial charge in [0.05, 0.1) is 30.6 Å². The van der Waals surface area contributed by atoms with Crippen LogP contribution in [0.15, 0.2) is 12.1 Å². The summed E-state index contributed by atoms with van der Waals surface area (Å²) in [7, 11) is 0. The number of aromatic amines is 1. The molecule has 0 saturated heterocycles. The van der Waals surface area contributed by atoms with E-state index in [0.717, 1.165) is 21.4 Å². The van der Waals surface area contributed by atoms with Crippen molar-refractivity contribution in [2.45, 2.75) is 13.1 Å². The number of hydrogen-bond acceptors (Lipinski definition) is 1. The lowest BCUT2D eigenvalue weighted by Crippen LogP contribution is -2.05. The van der Waals surface area contributed by atoms with Gasteiger partial charge in [0.15, 0.2) is 0 Å². The second-order valence-electron chi connectivity index (χ2n) is 3.81. The molecule has 0 aliphatic rings. The molecule has 0 aliphatic heterocycles. The summed E-state index contributed by atoms with van der Waals surface area (Å²) in [5.74, 6) is 0. The van der Waals surface area contributed by atoms with Crippen LogP contribution in [0.3, 0.4) is 0 Å². The average Bonchev–Trinajstić information content (AvgIpc) is 2.59. The molecular weight excluding hydrogens is 415 g/mol. The third kappa shape index (κ3) is 2.85. The summed E-state index contributed by atoms with van der Waals surface area (Å²) in [6.07, 6.45) is -4.48. The van der Waals surface area contributed by atoms with Gasteiger partial charge in [-0.3, -0.25) is 5.10 Å². The van der Waals surface area contributed by atoms with Crippen LogP contribution in [0.4, 0.5) is 13.2 Å². The highest BCUT2D eigenvalue weighted by Gasteiger charge is 2.32. The molecule has 102 valence electrons. The van der Waals surface area contributed by atoms with Crippen molar-refractivity contribution in [1.82, 2.24) is 10.2 Å². The number of alkyl halides is 3. The fraction of sp³-hybridized carbons (Fsp3) is 0.182. The molecule has 2 nitrogen and oxygen atoms in total. The van der Waals surface area contributed by atoms with Crippen LogP contribution in [0, 0.1) is 10.5 Å². The zero-order chi connectivity index (χ0) is 14.4. The molecule has 0 bridgehead atoms. The molecular formula is C11H6Cl2F3IN2. The smallest absolute Gasteiger partial charge is 0.276 e. The second kappa shape index (κ2) is 5.14. The number of aryl methyl sites for hydroxylation is 1. The van der Waals surface area contributed by atoms with Gasteiger partial charge in [0.25, 0.3) is 0 Å². The molecule has 1 aromatic heterocycles. The Morgan fingerprint density at radius 1 is 1.21 bits per heavy atom. The van der Waals surface area contributed by atoms with E-state index in [2.05, 4.69) is 10.2 Å². The summed E-state index contributed by atoms with van der Waals surface area (Å²) >= 11 is 13.9. The molecule has 1 aromatic carbocycles.